The first-order chi connectivity index (χ1) is 9.83. The number of urea groups is 1. The molecule has 2 aliphatic heterocycles. The van der Waals surface area contributed by atoms with Crippen molar-refractivity contribution < 1.29 is 9.53 Å². The van der Waals surface area contributed by atoms with E-state index in [4.69, 9.17) is 4.74 Å². The van der Waals surface area contributed by atoms with E-state index in [0.29, 0.717) is 17.8 Å². The number of nitrogens with zero attached hydrogens (tertiary/aromatic N) is 3. The van der Waals surface area contributed by atoms with Gasteiger partial charge in [-0.1, -0.05) is 0 Å². The Morgan fingerprint density at radius 3 is 2.85 bits per heavy atom. The highest BCUT2D eigenvalue weighted by Crippen LogP contribution is 2.28. The van der Waals surface area contributed by atoms with Gasteiger partial charge in [0.15, 0.2) is 5.82 Å². The summed E-state index contributed by atoms with van der Waals surface area (Å²) in [5.41, 5.74) is 0. The Hall–Kier alpha value is -1.69. The van der Waals surface area contributed by atoms with E-state index in [1.165, 1.54) is 12.8 Å². The topological polar surface area (TPSA) is 67.4 Å². The lowest BCUT2D eigenvalue weighted by Crippen LogP contribution is -2.43. The molecule has 2 fully saturated rings. The molecule has 20 heavy (non-hydrogen) atoms. The smallest absolute Gasteiger partial charge is 0.323 e. The molecular weight excluding hydrogens is 256 g/mol. The molecule has 6 heteroatoms. The predicted molar refractivity (Wildman–Crippen MR) is 74.3 cm³/mol. The molecule has 0 aliphatic carbocycles. The van der Waals surface area contributed by atoms with E-state index in [1.807, 2.05) is 4.90 Å². The first kappa shape index (κ1) is 13.3. The number of nitrogens with one attached hydrogen (secondary N) is 1. The van der Waals surface area contributed by atoms with Crippen LogP contribution in [0.25, 0.3) is 0 Å². The van der Waals surface area contributed by atoms with Crippen molar-refractivity contribution in [1.82, 2.24) is 15.1 Å². The van der Waals surface area contributed by atoms with Gasteiger partial charge < -0.3 is 9.64 Å². The molecule has 1 aromatic rings. The molecule has 0 radical (unpaired) electrons. The zero-order valence-electron chi connectivity index (χ0n) is 11.5. The molecule has 0 bridgehead atoms. The van der Waals surface area contributed by atoms with Crippen molar-refractivity contribution in [3.63, 3.8) is 0 Å². The summed E-state index contributed by atoms with van der Waals surface area (Å²) in [7, 11) is 0. The second kappa shape index (κ2) is 6.17. The zero-order valence-corrected chi connectivity index (χ0v) is 11.5. The molecule has 0 spiro atoms. The van der Waals surface area contributed by atoms with Gasteiger partial charge in [-0.2, -0.15) is 5.10 Å². The maximum atomic E-state index is 12.1. The molecule has 3 heterocycles. The van der Waals surface area contributed by atoms with Crippen LogP contribution in [-0.4, -0.2) is 46.9 Å². The van der Waals surface area contributed by atoms with Crippen molar-refractivity contribution in [3.05, 3.63) is 18.3 Å². The maximum absolute atomic E-state index is 12.1. The SMILES string of the molecule is O=C(Nc1cccnn1)N1CCC([C@H]2CCCO2)CC1. The van der Waals surface area contributed by atoms with Crippen molar-refractivity contribution >= 4 is 11.8 Å². The minimum absolute atomic E-state index is 0.0868. The maximum Gasteiger partial charge on any atom is 0.323 e. The molecule has 3 rings (SSSR count). The van der Waals surface area contributed by atoms with Crippen LogP contribution in [0.3, 0.4) is 0 Å². The highest BCUT2D eigenvalue weighted by molar-refractivity contribution is 5.88. The third-order valence-electron chi connectivity index (χ3n) is 4.12. The second-order valence-electron chi connectivity index (χ2n) is 5.42. The lowest BCUT2D eigenvalue weighted by Gasteiger charge is -2.34. The summed E-state index contributed by atoms with van der Waals surface area (Å²) >= 11 is 0. The van der Waals surface area contributed by atoms with Crippen LogP contribution in [0.4, 0.5) is 10.6 Å². The van der Waals surface area contributed by atoms with Crippen molar-refractivity contribution in [2.24, 2.45) is 5.92 Å². The molecule has 2 amide bonds. The lowest BCUT2D eigenvalue weighted by atomic mass is 9.90. The Kier molecular flexibility index (Phi) is 4.11. The highest BCUT2D eigenvalue weighted by Gasteiger charge is 2.30. The normalized spacial score (nSPS) is 23.8. The van der Waals surface area contributed by atoms with E-state index in [1.54, 1.807) is 18.3 Å². The van der Waals surface area contributed by atoms with Crippen molar-refractivity contribution in [2.75, 3.05) is 25.0 Å². The van der Waals surface area contributed by atoms with Gasteiger partial charge >= 0.3 is 6.03 Å². The first-order valence-electron chi connectivity index (χ1n) is 7.28. The number of aromatic nitrogens is 2. The summed E-state index contributed by atoms with van der Waals surface area (Å²) in [6, 6.07) is 3.41. The number of piperidine rings is 1. The predicted octanol–water partition coefficient (Wildman–Crippen LogP) is 1.90. The molecule has 6 nitrogen and oxygen atoms in total. The Balaban J connectivity index is 1.49. The second-order valence-corrected chi connectivity index (χ2v) is 5.42. The molecule has 0 saturated carbocycles. The van der Waals surface area contributed by atoms with E-state index in [0.717, 1.165) is 32.5 Å². The quantitative estimate of drug-likeness (QED) is 0.896. The summed E-state index contributed by atoms with van der Waals surface area (Å²) in [6.07, 6.45) is 6.41. The summed E-state index contributed by atoms with van der Waals surface area (Å²) in [5.74, 6) is 1.11. The summed E-state index contributed by atoms with van der Waals surface area (Å²) in [4.78, 5) is 14.0. The van der Waals surface area contributed by atoms with Gasteiger partial charge in [-0.3, -0.25) is 5.32 Å². The van der Waals surface area contributed by atoms with Crippen LogP contribution < -0.4 is 5.32 Å². The number of likely N-dealkylation sites (tertiary alicyclic amines) is 1. The van der Waals surface area contributed by atoms with Crippen LogP contribution in [0, 0.1) is 5.92 Å². The number of hydrogen-bond acceptors (Lipinski definition) is 4. The molecule has 0 unspecified atom stereocenters. The largest absolute Gasteiger partial charge is 0.378 e. The standard InChI is InChI=1S/C14H20N4O2/c19-14(16-13-4-1-7-15-17-13)18-8-5-11(6-9-18)12-3-2-10-20-12/h1,4,7,11-12H,2-3,5-6,8-10H2,(H,16,17,19)/t12-/m1/s1. The van der Waals surface area contributed by atoms with Gasteiger partial charge in [0.05, 0.1) is 6.10 Å². The average molecular weight is 276 g/mol. The van der Waals surface area contributed by atoms with E-state index >= 15 is 0 Å². The molecular formula is C14H20N4O2. The molecule has 2 saturated heterocycles. The van der Waals surface area contributed by atoms with Gasteiger partial charge in [-0.25, -0.2) is 4.79 Å². The molecule has 1 atom stereocenters. The van der Waals surface area contributed by atoms with Gasteiger partial charge in [0.25, 0.3) is 0 Å². The molecule has 108 valence electrons. The van der Waals surface area contributed by atoms with Crippen LogP contribution in [0.15, 0.2) is 18.3 Å². The van der Waals surface area contributed by atoms with Gasteiger partial charge in [0, 0.05) is 25.9 Å². The van der Waals surface area contributed by atoms with Crippen LogP contribution in [0.1, 0.15) is 25.7 Å². The minimum atomic E-state index is -0.0868. The fraction of sp³-hybridized carbons (Fsp3) is 0.643. The molecule has 0 aromatic carbocycles. The number of carbonyl (C=O) groups excluding carboxylic acids is 1. The monoisotopic (exact) mass is 276 g/mol. The van der Waals surface area contributed by atoms with E-state index in [9.17, 15) is 4.79 Å². The molecule has 1 aromatic heterocycles. The van der Waals surface area contributed by atoms with Gasteiger partial charge in [0.2, 0.25) is 0 Å². The van der Waals surface area contributed by atoms with Gasteiger partial charge in [0.1, 0.15) is 0 Å². The number of carbonyl (C=O) groups is 1. The molecule has 1 N–H and O–H groups in total. The summed E-state index contributed by atoms with van der Waals surface area (Å²) in [6.45, 7) is 2.48. The Morgan fingerprint density at radius 2 is 2.20 bits per heavy atom. The summed E-state index contributed by atoms with van der Waals surface area (Å²) < 4.78 is 5.75. The van der Waals surface area contributed by atoms with E-state index in [-0.39, 0.29) is 6.03 Å². The number of anilines is 1. The number of amides is 2. The van der Waals surface area contributed by atoms with Crippen LogP contribution in [-0.2, 0) is 4.74 Å². The fourth-order valence-corrected chi connectivity index (χ4v) is 3.01. The van der Waals surface area contributed by atoms with Crippen LogP contribution in [0.5, 0.6) is 0 Å². The minimum Gasteiger partial charge on any atom is -0.378 e. The Morgan fingerprint density at radius 1 is 1.35 bits per heavy atom. The first-order valence-corrected chi connectivity index (χ1v) is 7.28. The van der Waals surface area contributed by atoms with E-state index in [2.05, 4.69) is 15.5 Å². The van der Waals surface area contributed by atoms with Crippen molar-refractivity contribution in [3.8, 4) is 0 Å². The van der Waals surface area contributed by atoms with Crippen molar-refractivity contribution in [2.45, 2.75) is 31.8 Å². The fourth-order valence-electron chi connectivity index (χ4n) is 3.01. The molecule has 2 aliphatic rings. The summed E-state index contributed by atoms with van der Waals surface area (Å²) in [5, 5.41) is 10.4. The zero-order chi connectivity index (χ0) is 13.8. The number of rotatable bonds is 2. The Labute approximate surface area is 118 Å². The van der Waals surface area contributed by atoms with Crippen molar-refractivity contribution in [1.29, 1.82) is 0 Å². The average Bonchev–Trinajstić information content (AvgIpc) is 3.03. The number of ether oxygens (including phenoxy) is 1. The van der Waals surface area contributed by atoms with Gasteiger partial charge in [-0.05, 0) is 43.7 Å². The van der Waals surface area contributed by atoms with Gasteiger partial charge in [-0.15, -0.1) is 5.10 Å². The Bertz CT molecular complexity index is 440. The highest BCUT2D eigenvalue weighted by atomic mass is 16.5. The van der Waals surface area contributed by atoms with Crippen LogP contribution in [0.2, 0.25) is 0 Å². The third-order valence-corrected chi connectivity index (χ3v) is 4.12. The third kappa shape index (κ3) is 3.07. The van der Waals surface area contributed by atoms with E-state index < -0.39 is 0 Å². The van der Waals surface area contributed by atoms with Crippen LogP contribution >= 0.6 is 0 Å². The lowest BCUT2D eigenvalue weighted by molar-refractivity contribution is 0.0382. The number of hydrogen-bond donors (Lipinski definition) is 1.